The number of hydrogen-bond donors (Lipinski definition) is 1. The molecule has 1 aliphatic heterocycles. The molecule has 0 spiro atoms. The van der Waals surface area contributed by atoms with Crippen molar-refractivity contribution in [3.63, 3.8) is 0 Å². The number of nitrogens with one attached hydrogen (secondary N) is 1. The molecule has 1 aliphatic rings. The summed E-state index contributed by atoms with van der Waals surface area (Å²) in [5.74, 6) is 2.28. The van der Waals surface area contributed by atoms with Crippen molar-refractivity contribution in [2.45, 2.75) is 46.1 Å². The number of carbonyl (C=O) groups excluding carboxylic acids is 1. The Labute approximate surface area is 206 Å². The van der Waals surface area contributed by atoms with Crippen LogP contribution in [0.5, 0.6) is 11.5 Å². The minimum absolute atomic E-state index is 0.0772. The van der Waals surface area contributed by atoms with Crippen molar-refractivity contribution in [1.29, 1.82) is 0 Å². The molecule has 2 aromatic carbocycles. The zero-order chi connectivity index (χ0) is 24.8. The highest BCUT2D eigenvalue weighted by molar-refractivity contribution is 5.94. The third-order valence-electron chi connectivity index (χ3n) is 6.59. The number of rotatable bonds is 9. The molecule has 0 aliphatic carbocycles. The van der Waals surface area contributed by atoms with Crippen molar-refractivity contribution >= 4 is 11.6 Å². The molecule has 4 rings (SSSR count). The maximum atomic E-state index is 13.2. The van der Waals surface area contributed by atoms with E-state index in [0.717, 1.165) is 43.5 Å². The second kappa shape index (κ2) is 11.4. The molecule has 1 N–H and O–H groups in total. The predicted molar refractivity (Wildman–Crippen MR) is 135 cm³/mol. The Kier molecular flexibility index (Phi) is 8.02. The summed E-state index contributed by atoms with van der Waals surface area (Å²) < 4.78 is 16.2. The van der Waals surface area contributed by atoms with E-state index in [-0.39, 0.29) is 11.8 Å². The number of hydrogen-bond acceptors (Lipinski definition) is 7. The van der Waals surface area contributed by atoms with E-state index in [1.54, 1.807) is 14.2 Å². The third kappa shape index (κ3) is 5.65. The van der Waals surface area contributed by atoms with Crippen LogP contribution in [0.3, 0.4) is 0 Å². The summed E-state index contributed by atoms with van der Waals surface area (Å²) in [7, 11) is 3.19. The van der Waals surface area contributed by atoms with E-state index in [9.17, 15) is 4.79 Å². The lowest BCUT2D eigenvalue weighted by Crippen LogP contribution is -2.40. The van der Waals surface area contributed by atoms with E-state index in [1.807, 2.05) is 18.2 Å². The van der Waals surface area contributed by atoms with Gasteiger partial charge in [-0.3, -0.25) is 9.69 Å². The van der Waals surface area contributed by atoms with Gasteiger partial charge in [0, 0.05) is 17.8 Å². The van der Waals surface area contributed by atoms with Gasteiger partial charge >= 0.3 is 0 Å². The fraction of sp³-hybridized carbons (Fsp3) is 0.444. The average Bonchev–Trinajstić information content (AvgIpc) is 3.36. The molecule has 1 aromatic heterocycles. The van der Waals surface area contributed by atoms with Crippen molar-refractivity contribution in [2.75, 3.05) is 32.6 Å². The van der Waals surface area contributed by atoms with Crippen LogP contribution in [-0.4, -0.2) is 48.3 Å². The Morgan fingerprint density at radius 3 is 2.54 bits per heavy atom. The second-order valence-corrected chi connectivity index (χ2v) is 8.80. The van der Waals surface area contributed by atoms with Crippen LogP contribution in [-0.2, 0) is 24.2 Å². The standard InChI is InChI=1S/C27H34N4O4/c1-5-18-9-7-10-19(6-2)25(18)29-27(32)21-11-8-14-31(16-21)17-24-28-26(30-35-24)20-12-13-22(33-3)23(15-20)34-4/h7,9-10,12-13,15,21H,5-6,8,11,14,16-17H2,1-4H3,(H,29,32). The Morgan fingerprint density at radius 2 is 1.86 bits per heavy atom. The van der Waals surface area contributed by atoms with Crippen LogP contribution in [0.15, 0.2) is 40.9 Å². The zero-order valence-corrected chi connectivity index (χ0v) is 21.0. The largest absolute Gasteiger partial charge is 0.493 e. The van der Waals surface area contributed by atoms with Crippen LogP contribution < -0.4 is 14.8 Å². The smallest absolute Gasteiger partial charge is 0.241 e. The minimum Gasteiger partial charge on any atom is -0.493 e. The van der Waals surface area contributed by atoms with E-state index in [2.05, 4.69) is 52.4 Å². The molecule has 186 valence electrons. The molecule has 1 saturated heterocycles. The molecule has 35 heavy (non-hydrogen) atoms. The number of carbonyl (C=O) groups is 1. The Bertz CT molecular complexity index is 1140. The summed E-state index contributed by atoms with van der Waals surface area (Å²) in [6.07, 6.45) is 3.60. The first-order valence-corrected chi connectivity index (χ1v) is 12.2. The van der Waals surface area contributed by atoms with Gasteiger partial charge in [-0.15, -0.1) is 0 Å². The van der Waals surface area contributed by atoms with Crippen LogP contribution >= 0.6 is 0 Å². The Morgan fingerprint density at radius 1 is 1.11 bits per heavy atom. The molecule has 1 unspecified atom stereocenters. The van der Waals surface area contributed by atoms with Gasteiger partial charge in [-0.25, -0.2) is 0 Å². The number of nitrogens with zero attached hydrogens (tertiary/aromatic N) is 3. The van der Waals surface area contributed by atoms with Gasteiger partial charge in [0.15, 0.2) is 11.5 Å². The van der Waals surface area contributed by atoms with Crippen molar-refractivity contribution in [3.8, 4) is 22.9 Å². The number of ether oxygens (including phenoxy) is 2. The number of aryl methyl sites for hydroxylation is 2. The van der Waals surface area contributed by atoms with E-state index >= 15 is 0 Å². The van der Waals surface area contributed by atoms with Crippen molar-refractivity contribution < 1.29 is 18.8 Å². The number of amides is 1. The highest BCUT2D eigenvalue weighted by atomic mass is 16.5. The highest BCUT2D eigenvalue weighted by Gasteiger charge is 2.28. The van der Waals surface area contributed by atoms with Gasteiger partial charge in [-0.2, -0.15) is 4.98 Å². The maximum Gasteiger partial charge on any atom is 0.241 e. The summed E-state index contributed by atoms with van der Waals surface area (Å²) in [6.45, 7) is 6.30. The van der Waals surface area contributed by atoms with E-state index in [4.69, 9.17) is 14.0 Å². The summed E-state index contributed by atoms with van der Waals surface area (Å²) in [5.41, 5.74) is 4.13. The molecular formula is C27H34N4O4. The lowest BCUT2D eigenvalue weighted by Gasteiger charge is -2.31. The average molecular weight is 479 g/mol. The van der Waals surface area contributed by atoms with Gasteiger partial charge in [0.25, 0.3) is 0 Å². The Hall–Kier alpha value is -3.39. The van der Waals surface area contributed by atoms with Crippen LogP contribution in [0, 0.1) is 5.92 Å². The summed E-state index contributed by atoms with van der Waals surface area (Å²) >= 11 is 0. The number of aromatic nitrogens is 2. The van der Waals surface area contributed by atoms with Gasteiger partial charge in [0.05, 0.1) is 26.7 Å². The fourth-order valence-corrected chi connectivity index (χ4v) is 4.64. The number of benzene rings is 2. The third-order valence-corrected chi connectivity index (χ3v) is 6.59. The highest BCUT2D eigenvalue weighted by Crippen LogP contribution is 2.31. The van der Waals surface area contributed by atoms with Gasteiger partial charge in [-0.05, 0) is 61.6 Å². The topological polar surface area (TPSA) is 89.7 Å². The fourth-order valence-electron chi connectivity index (χ4n) is 4.64. The zero-order valence-electron chi connectivity index (χ0n) is 21.0. The van der Waals surface area contributed by atoms with Crippen molar-refractivity contribution in [2.24, 2.45) is 5.92 Å². The van der Waals surface area contributed by atoms with Gasteiger partial charge in [0.1, 0.15) is 0 Å². The molecule has 0 saturated carbocycles. The normalized spacial score (nSPS) is 16.2. The molecule has 8 nitrogen and oxygen atoms in total. The quantitative estimate of drug-likeness (QED) is 0.475. The first-order valence-electron chi connectivity index (χ1n) is 12.2. The number of para-hydroxylation sites is 1. The first kappa shape index (κ1) is 24.7. The second-order valence-electron chi connectivity index (χ2n) is 8.80. The SMILES string of the molecule is CCc1cccc(CC)c1NC(=O)C1CCCN(Cc2nc(-c3ccc(OC)c(OC)c3)no2)C1. The number of methoxy groups -OCH3 is 2. The molecule has 1 amide bonds. The van der Waals surface area contributed by atoms with Crippen LogP contribution in [0.4, 0.5) is 5.69 Å². The van der Waals surface area contributed by atoms with Gasteiger partial charge in [-0.1, -0.05) is 37.2 Å². The maximum absolute atomic E-state index is 13.2. The number of likely N-dealkylation sites (tertiary alicyclic amines) is 1. The van der Waals surface area contributed by atoms with E-state index < -0.39 is 0 Å². The van der Waals surface area contributed by atoms with Crippen molar-refractivity contribution in [1.82, 2.24) is 15.0 Å². The molecular weight excluding hydrogens is 444 g/mol. The number of anilines is 1. The van der Waals surface area contributed by atoms with Gasteiger partial charge in [0.2, 0.25) is 17.6 Å². The summed E-state index contributed by atoms with van der Waals surface area (Å²) in [5, 5.41) is 7.38. The lowest BCUT2D eigenvalue weighted by atomic mass is 9.96. The van der Waals surface area contributed by atoms with Crippen molar-refractivity contribution in [3.05, 3.63) is 53.4 Å². The first-order chi connectivity index (χ1) is 17.1. The van der Waals surface area contributed by atoms with Crippen LogP contribution in [0.2, 0.25) is 0 Å². The van der Waals surface area contributed by atoms with E-state index in [1.165, 1.54) is 11.1 Å². The summed E-state index contributed by atoms with van der Waals surface area (Å²) in [4.78, 5) is 20.0. The summed E-state index contributed by atoms with van der Waals surface area (Å²) in [6, 6.07) is 11.8. The lowest BCUT2D eigenvalue weighted by molar-refractivity contribution is -0.121. The molecule has 1 fully saturated rings. The predicted octanol–water partition coefficient (Wildman–Crippen LogP) is 4.73. The van der Waals surface area contributed by atoms with Crippen LogP contribution in [0.25, 0.3) is 11.4 Å². The minimum atomic E-state index is -0.0772. The Balaban J connectivity index is 1.41. The molecule has 8 heteroatoms. The van der Waals surface area contributed by atoms with Crippen LogP contribution in [0.1, 0.15) is 43.7 Å². The molecule has 2 heterocycles. The molecule has 3 aromatic rings. The number of piperidine rings is 1. The van der Waals surface area contributed by atoms with Gasteiger partial charge < -0.3 is 19.3 Å². The monoisotopic (exact) mass is 478 g/mol. The van der Waals surface area contributed by atoms with E-state index in [0.29, 0.717) is 36.3 Å². The molecule has 0 bridgehead atoms. The molecule has 0 radical (unpaired) electrons. The molecule has 1 atom stereocenters.